The molecule has 0 amide bonds. The Balaban J connectivity index is 1.88. The summed E-state index contributed by atoms with van der Waals surface area (Å²) in [4.78, 5) is 4.24. The lowest BCUT2D eigenvalue weighted by Gasteiger charge is -2.18. The highest BCUT2D eigenvalue weighted by molar-refractivity contribution is 9.10. The van der Waals surface area contributed by atoms with Gasteiger partial charge in [-0.25, -0.2) is 4.98 Å². The summed E-state index contributed by atoms with van der Waals surface area (Å²) >= 11 is 3.36. The summed E-state index contributed by atoms with van der Waals surface area (Å²) in [6.45, 7) is 0.652. The molecule has 0 saturated carbocycles. The van der Waals surface area contributed by atoms with E-state index in [2.05, 4.69) is 31.0 Å². The van der Waals surface area contributed by atoms with E-state index in [1.807, 2.05) is 22.7 Å². The first-order valence-electron chi connectivity index (χ1n) is 6.33. The van der Waals surface area contributed by atoms with Gasteiger partial charge in [0.05, 0.1) is 11.9 Å². The Hall–Kier alpha value is -1.12. The maximum Gasteiger partial charge on any atom is 0.414 e. The number of fused-ring (bicyclic) bond motifs is 1. The van der Waals surface area contributed by atoms with E-state index in [0.29, 0.717) is 6.54 Å². The number of pyridine rings is 1. The van der Waals surface area contributed by atoms with Crippen LogP contribution in [0.15, 0.2) is 29.0 Å². The standard InChI is InChI=1S/C13H15BrF3N3O/c1-21-11(13(15,16)17)2-4-18-7-10-8-19-12-6-9(14)3-5-20(10)12/h3,5-6,8,11,18H,2,4,7H2,1H3. The number of hydrogen-bond donors (Lipinski definition) is 1. The number of imidazole rings is 1. The van der Waals surface area contributed by atoms with Gasteiger partial charge in [-0.2, -0.15) is 13.2 Å². The van der Waals surface area contributed by atoms with Crippen molar-refractivity contribution in [2.24, 2.45) is 0 Å². The average Bonchev–Trinajstić information content (AvgIpc) is 2.79. The lowest BCUT2D eigenvalue weighted by Crippen LogP contribution is -2.33. The van der Waals surface area contributed by atoms with E-state index in [-0.39, 0.29) is 13.0 Å². The quantitative estimate of drug-likeness (QED) is 0.799. The molecular formula is C13H15BrF3N3O. The highest BCUT2D eigenvalue weighted by Gasteiger charge is 2.39. The highest BCUT2D eigenvalue weighted by atomic mass is 79.9. The molecule has 0 bridgehead atoms. The van der Waals surface area contributed by atoms with E-state index in [4.69, 9.17) is 0 Å². The molecule has 4 nitrogen and oxygen atoms in total. The van der Waals surface area contributed by atoms with Gasteiger partial charge in [-0.1, -0.05) is 15.9 Å². The molecule has 2 rings (SSSR count). The molecule has 116 valence electrons. The summed E-state index contributed by atoms with van der Waals surface area (Å²) < 4.78 is 44.7. The second kappa shape index (κ2) is 6.76. The minimum atomic E-state index is -4.33. The maximum absolute atomic E-state index is 12.5. The largest absolute Gasteiger partial charge is 0.414 e. The van der Waals surface area contributed by atoms with Crippen LogP contribution in [0.1, 0.15) is 12.1 Å². The Bertz CT molecular complexity index is 600. The summed E-state index contributed by atoms with van der Waals surface area (Å²) in [6.07, 6.45) is -2.62. The number of nitrogens with one attached hydrogen (secondary N) is 1. The van der Waals surface area contributed by atoms with Gasteiger partial charge in [0, 0.05) is 24.3 Å². The summed E-state index contributed by atoms with van der Waals surface area (Å²) in [5, 5.41) is 2.98. The summed E-state index contributed by atoms with van der Waals surface area (Å²) in [5.74, 6) is 0. The summed E-state index contributed by atoms with van der Waals surface area (Å²) in [7, 11) is 1.07. The third kappa shape index (κ3) is 4.18. The van der Waals surface area contributed by atoms with Crippen molar-refractivity contribution in [1.82, 2.24) is 14.7 Å². The zero-order valence-corrected chi connectivity index (χ0v) is 12.9. The smallest absolute Gasteiger partial charge is 0.372 e. The summed E-state index contributed by atoms with van der Waals surface area (Å²) in [5.41, 5.74) is 1.67. The minimum absolute atomic E-state index is 0.123. The Morgan fingerprint density at radius 2 is 2.24 bits per heavy atom. The van der Waals surface area contributed by atoms with Crippen molar-refractivity contribution >= 4 is 21.6 Å². The van der Waals surface area contributed by atoms with E-state index in [0.717, 1.165) is 22.9 Å². The SMILES string of the molecule is COC(CCNCc1cnc2cc(Br)ccn12)C(F)(F)F. The number of halogens is 4. The number of aromatic nitrogens is 2. The van der Waals surface area contributed by atoms with Crippen molar-refractivity contribution in [1.29, 1.82) is 0 Å². The molecule has 0 aliphatic heterocycles. The van der Waals surface area contributed by atoms with Crippen molar-refractivity contribution in [2.75, 3.05) is 13.7 Å². The van der Waals surface area contributed by atoms with Gasteiger partial charge in [-0.15, -0.1) is 0 Å². The van der Waals surface area contributed by atoms with E-state index in [1.54, 1.807) is 6.20 Å². The monoisotopic (exact) mass is 365 g/mol. The number of rotatable bonds is 6. The van der Waals surface area contributed by atoms with Gasteiger partial charge in [-0.05, 0) is 25.1 Å². The third-order valence-electron chi connectivity index (χ3n) is 3.09. The lowest BCUT2D eigenvalue weighted by molar-refractivity contribution is -0.213. The lowest BCUT2D eigenvalue weighted by atomic mass is 10.2. The predicted molar refractivity (Wildman–Crippen MR) is 76.1 cm³/mol. The van der Waals surface area contributed by atoms with Crippen LogP contribution in [0.2, 0.25) is 0 Å². The molecule has 8 heteroatoms. The van der Waals surface area contributed by atoms with E-state index in [1.165, 1.54) is 0 Å². The van der Waals surface area contributed by atoms with E-state index in [9.17, 15) is 13.2 Å². The van der Waals surface area contributed by atoms with Crippen LogP contribution in [0, 0.1) is 0 Å². The van der Waals surface area contributed by atoms with E-state index >= 15 is 0 Å². The van der Waals surface area contributed by atoms with Crippen LogP contribution < -0.4 is 5.32 Å². The Morgan fingerprint density at radius 1 is 1.48 bits per heavy atom. The van der Waals surface area contributed by atoms with Gasteiger partial charge < -0.3 is 14.5 Å². The number of methoxy groups -OCH3 is 1. The van der Waals surface area contributed by atoms with Crippen molar-refractivity contribution in [3.63, 3.8) is 0 Å². The van der Waals surface area contributed by atoms with E-state index < -0.39 is 12.3 Å². The first-order chi connectivity index (χ1) is 9.91. The average molecular weight is 366 g/mol. The van der Waals surface area contributed by atoms with Crippen LogP contribution in [0.5, 0.6) is 0 Å². The molecule has 2 aromatic rings. The Kier molecular flexibility index (Phi) is 5.23. The van der Waals surface area contributed by atoms with Crippen molar-refractivity contribution in [3.8, 4) is 0 Å². The molecule has 2 heterocycles. The van der Waals surface area contributed by atoms with Gasteiger partial charge in [0.25, 0.3) is 0 Å². The topological polar surface area (TPSA) is 38.6 Å². The fourth-order valence-corrected chi connectivity index (χ4v) is 2.33. The molecule has 0 aromatic carbocycles. The second-order valence-corrected chi connectivity index (χ2v) is 5.47. The molecule has 21 heavy (non-hydrogen) atoms. The molecule has 1 unspecified atom stereocenters. The fraction of sp³-hybridized carbons (Fsp3) is 0.462. The molecule has 0 aliphatic carbocycles. The number of nitrogens with zero attached hydrogens (tertiary/aromatic N) is 2. The Morgan fingerprint density at radius 3 is 2.90 bits per heavy atom. The van der Waals surface area contributed by atoms with Crippen LogP contribution in [0.4, 0.5) is 13.2 Å². The van der Waals surface area contributed by atoms with Gasteiger partial charge in [0.1, 0.15) is 5.65 Å². The molecule has 0 saturated heterocycles. The Labute approximate surface area is 128 Å². The molecule has 0 fully saturated rings. The number of hydrogen-bond acceptors (Lipinski definition) is 3. The van der Waals surface area contributed by atoms with Crippen LogP contribution in [0.3, 0.4) is 0 Å². The fourth-order valence-electron chi connectivity index (χ4n) is 2.00. The first kappa shape index (κ1) is 16.3. The molecule has 1 N–H and O–H groups in total. The zero-order valence-electron chi connectivity index (χ0n) is 11.3. The predicted octanol–water partition coefficient (Wildman–Crippen LogP) is 3.15. The second-order valence-electron chi connectivity index (χ2n) is 4.55. The van der Waals surface area contributed by atoms with Gasteiger partial charge in [-0.3, -0.25) is 0 Å². The third-order valence-corrected chi connectivity index (χ3v) is 3.58. The zero-order chi connectivity index (χ0) is 15.5. The highest BCUT2D eigenvalue weighted by Crippen LogP contribution is 2.24. The molecule has 0 aliphatic rings. The van der Waals surface area contributed by atoms with Gasteiger partial charge >= 0.3 is 6.18 Å². The van der Waals surface area contributed by atoms with Crippen molar-refractivity contribution < 1.29 is 17.9 Å². The molecular weight excluding hydrogens is 351 g/mol. The van der Waals surface area contributed by atoms with Gasteiger partial charge in [0.15, 0.2) is 6.10 Å². The number of alkyl halides is 3. The minimum Gasteiger partial charge on any atom is -0.372 e. The molecule has 0 radical (unpaired) electrons. The normalized spacial score (nSPS) is 13.8. The maximum atomic E-state index is 12.5. The van der Waals surface area contributed by atoms with Gasteiger partial charge in [0.2, 0.25) is 0 Å². The van der Waals surface area contributed by atoms with Crippen LogP contribution in [0.25, 0.3) is 5.65 Å². The number of ether oxygens (including phenoxy) is 1. The molecule has 1 atom stereocenters. The van der Waals surface area contributed by atoms with Crippen LogP contribution >= 0.6 is 15.9 Å². The van der Waals surface area contributed by atoms with Crippen molar-refractivity contribution in [2.45, 2.75) is 25.2 Å². The van der Waals surface area contributed by atoms with Crippen LogP contribution in [-0.2, 0) is 11.3 Å². The molecule has 2 aromatic heterocycles. The molecule has 0 spiro atoms. The van der Waals surface area contributed by atoms with Crippen molar-refractivity contribution in [3.05, 3.63) is 34.7 Å². The van der Waals surface area contributed by atoms with Crippen LogP contribution in [-0.4, -0.2) is 35.3 Å². The summed E-state index contributed by atoms with van der Waals surface area (Å²) in [6, 6.07) is 3.75. The first-order valence-corrected chi connectivity index (χ1v) is 7.13.